The summed E-state index contributed by atoms with van der Waals surface area (Å²) in [5.41, 5.74) is 9.47. The molecule has 212 valence electrons. The molecule has 0 spiro atoms. The molecule has 40 heavy (non-hydrogen) atoms. The van der Waals surface area contributed by atoms with Gasteiger partial charge in [0.25, 0.3) is 0 Å². The summed E-state index contributed by atoms with van der Waals surface area (Å²) >= 11 is 6.23. The van der Waals surface area contributed by atoms with Crippen LogP contribution in [0.2, 0.25) is 5.02 Å². The topological polar surface area (TPSA) is 101 Å². The highest BCUT2D eigenvalue weighted by molar-refractivity contribution is 6.31. The van der Waals surface area contributed by atoms with E-state index in [0.717, 1.165) is 56.4 Å². The average molecular weight is 565 g/mol. The van der Waals surface area contributed by atoms with Crippen LogP contribution in [0.5, 0.6) is 0 Å². The van der Waals surface area contributed by atoms with Gasteiger partial charge in [-0.25, -0.2) is 9.18 Å². The molecular weight excluding hydrogens is 527 g/mol. The third-order valence-electron chi connectivity index (χ3n) is 6.95. The predicted octanol–water partition coefficient (Wildman–Crippen LogP) is 5.66. The number of fused-ring (bicyclic) bond motifs is 1. The second-order valence-electron chi connectivity index (χ2n) is 10.3. The van der Waals surface area contributed by atoms with Gasteiger partial charge in [-0.05, 0) is 94.1 Å². The van der Waals surface area contributed by atoms with Crippen LogP contribution < -0.4 is 22.1 Å². The van der Waals surface area contributed by atoms with Crippen molar-refractivity contribution in [3.8, 4) is 16.9 Å². The van der Waals surface area contributed by atoms with E-state index in [4.69, 9.17) is 17.3 Å². The third-order valence-corrected chi connectivity index (χ3v) is 7.23. The van der Waals surface area contributed by atoms with Gasteiger partial charge in [0.1, 0.15) is 5.65 Å². The van der Waals surface area contributed by atoms with Crippen molar-refractivity contribution in [3.63, 3.8) is 0 Å². The zero-order valence-corrected chi connectivity index (χ0v) is 23.9. The van der Waals surface area contributed by atoms with Gasteiger partial charge in [0.2, 0.25) is 0 Å². The van der Waals surface area contributed by atoms with Gasteiger partial charge in [-0.15, -0.1) is 6.58 Å². The Morgan fingerprint density at radius 2 is 1.95 bits per heavy atom. The molecule has 0 aliphatic heterocycles. The van der Waals surface area contributed by atoms with Crippen LogP contribution >= 0.6 is 11.6 Å². The quantitative estimate of drug-likeness (QED) is 0.117. The minimum absolute atomic E-state index is 0.0626. The normalized spacial score (nSPS) is 13.0. The highest BCUT2D eigenvalue weighted by Crippen LogP contribution is 2.31. The molecule has 0 saturated heterocycles. The fourth-order valence-electron chi connectivity index (χ4n) is 4.72. The summed E-state index contributed by atoms with van der Waals surface area (Å²) in [4.78, 5) is 20.2. The first-order chi connectivity index (χ1) is 19.3. The van der Waals surface area contributed by atoms with Crippen molar-refractivity contribution in [1.82, 2.24) is 25.2 Å². The number of H-pyrrole nitrogens is 1. The average Bonchev–Trinajstić information content (AvgIpc) is 3.34. The van der Waals surface area contributed by atoms with Crippen LogP contribution in [0.25, 0.3) is 28.0 Å². The molecule has 2 aromatic carbocycles. The Morgan fingerprint density at radius 3 is 2.67 bits per heavy atom. The Morgan fingerprint density at radius 1 is 1.18 bits per heavy atom. The predicted molar refractivity (Wildman–Crippen MR) is 163 cm³/mol. The first-order valence-corrected chi connectivity index (χ1v) is 14.2. The molecule has 4 aromatic rings. The second kappa shape index (κ2) is 13.9. The zero-order valence-electron chi connectivity index (χ0n) is 23.1. The molecule has 0 bridgehead atoms. The Labute approximate surface area is 239 Å². The van der Waals surface area contributed by atoms with Crippen molar-refractivity contribution in [1.29, 1.82) is 0 Å². The zero-order chi connectivity index (χ0) is 28.6. The van der Waals surface area contributed by atoms with Crippen molar-refractivity contribution in [2.24, 2.45) is 5.73 Å². The summed E-state index contributed by atoms with van der Waals surface area (Å²) in [6.45, 7) is 10.4. The number of nitrogens with one attached hydrogen (secondary N) is 3. The standard InChI is InChI=1S/C31H38ClFN6O/c1-4-13-35-14-6-15-36-21(3)23-9-11-25(12-10-23)39-19-24-18-28(37-30(24)38-31(39)40)26-16-22(8-5-7-20(2)34)17-27(32)29(26)33/h4,9-12,16-21,35-36H,1,5-8,13-15,34H2,2-3H3,(H,37,38,40)/t20-,21-/m0/s1. The molecule has 0 radical (unpaired) electrons. The smallest absolute Gasteiger partial charge is 0.339 e. The van der Waals surface area contributed by atoms with E-state index in [1.54, 1.807) is 24.4 Å². The molecule has 7 nitrogen and oxygen atoms in total. The molecule has 0 amide bonds. The number of hydrogen-bond donors (Lipinski definition) is 4. The molecule has 2 aromatic heterocycles. The minimum Gasteiger partial charge on any atom is -0.339 e. The van der Waals surface area contributed by atoms with E-state index in [9.17, 15) is 4.79 Å². The van der Waals surface area contributed by atoms with E-state index >= 15 is 4.39 Å². The second-order valence-corrected chi connectivity index (χ2v) is 10.7. The molecule has 5 N–H and O–H groups in total. The van der Waals surface area contributed by atoms with Crippen molar-refractivity contribution in [3.05, 3.63) is 93.8 Å². The molecule has 0 aliphatic rings. The maximum atomic E-state index is 15.0. The van der Waals surface area contributed by atoms with E-state index in [0.29, 0.717) is 28.0 Å². The fourth-order valence-corrected chi connectivity index (χ4v) is 4.96. The molecule has 2 atom stereocenters. The summed E-state index contributed by atoms with van der Waals surface area (Å²) in [6, 6.07) is 13.4. The van der Waals surface area contributed by atoms with E-state index < -0.39 is 11.5 Å². The Hall–Kier alpha value is -3.30. The van der Waals surface area contributed by atoms with Gasteiger partial charge in [-0.2, -0.15) is 4.98 Å². The lowest BCUT2D eigenvalue weighted by Gasteiger charge is -2.15. The van der Waals surface area contributed by atoms with E-state index in [1.807, 2.05) is 37.3 Å². The van der Waals surface area contributed by atoms with Gasteiger partial charge in [-0.1, -0.05) is 29.8 Å². The first-order valence-electron chi connectivity index (χ1n) is 13.8. The lowest BCUT2D eigenvalue weighted by Crippen LogP contribution is -2.24. The summed E-state index contributed by atoms with van der Waals surface area (Å²) in [5.74, 6) is -0.509. The van der Waals surface area contributed by atoms with Crippen molar-refractivity contribution >= 4 is 22.6 Å². The molecule has 0 unspecified atom stereocenters. The summed E-state index contributed by atoms with van der Waals surface area (Å²) in [6.07, 6.45) is 7.10. The Bertz CT molecular complexity index is 1490. The maximum absolute atomic E-state index is 15.0. The number of aromatic amines is 1. The van der Waals surface area contributed by atoms with Crippen LogP contribution in [0.1, 0.15) is 50.3 Å². The van der Waals surface area contributed by atoms with Crippen LogP contribution in [0.15, 0.2) is 66.1 Å². The molecule has 0 fully saturated rings. The number of halogens is 2. The van der Waals surface area contributed by atoms with Gasteiger partial charge in [0.15, 0.2) is 5.82 Å². The van der Waals surface area contributed by atoms with Crippen LogP contribution in [0.3, 0.4) is 0 Å². The summed E-state index contributed by atoms with van der Waals surface area (Å²) in [7, 11) is 0. The van der Waals surface area contributed by atoms with E-state index in [2.05, 4.69) is 34.1 Å². The van der Waals surface area contributed by atoms with Gasteiger partial charge in [0, 0.05) is 35.8 Å². The number of hydrogen-bond acceptors (Lipinski definition) is 5. The van der Waals surface area contributed by atoms with Crippen molar-refractivity contribution in [2.75, 3.05) is 19.6 Å². The maximum Gasteiger partial charge on any atom is 0.354 e. The van der Waals surface area contributed by atoms with E-state index in [1.165, 1.54) is 4.57 Å². The summed E-state index contributed by atoms with van der Waals surface area (Å²) in [5, 5.41) is 7.57. The highest BCUT2D eigenvalue weighted by atomic mass is 35.5. The number of aromatic nitrogens is 3. The van der Waals surface area contributed by atoms with Gasteiger partial charge in [-0.3, -0.25) is 4.57 Å². The third kappa shape index (κ3) is 7.46. The molecule has 2 heterocycles. The lowest BCUT2D eigenvalue weighted by atomic mass is 10.0. The molecule has 0 saturated carbocycles. The number of rotatable bonds is 14. The van der Waals surface area contributed by atoms with Crippen molar-refractivity contribution < 1.29 is 4.39 Å². The van der Waals surface area contributed by atoms with Gasteiger partial charge in [0.05, 0.1) is 16.4 Å². The summed E-state index contributed by atoms with van der Waals surface area (Å²) < 4.78 is 16.5. The van der Waals surface area contributed by atoms with Crippen LogP contribution in [-0.2, 0) is 6.42 Å². The first kappa shape index (κ1) is 29.7. The largest absolute Gasteiger partial charge is 0.354 e. The van der Waals surface area contributed by atoms with Crippen LogP contribution in [0.4, 0.5) is 4.39 Å². The number of aryl methyl sites for hydroxylation is 1. The Balaban J connectivity index is 1.52. The van der Waals surface area contributed by atoms with Crippen LogP contribution in [-0.4, -0.2) is 40.2 Å². The SMILES string of the molecule is C=CCNCCCN[C@@H](C)c1ccc(-n2cc3cc(-c4cc(CCC[C@H](C)N)cc(Cl)c4F)[nH]c3nc2=O)cc1. The fraction of sp³-hybridized carbons (Fsp3) is 0.355. The monoisotopic (exact) mass is 564 g/mol. The van der Waals surface area contributed by atoms with E-state index in [-0.39, 0.29) is 17.1 Å². The highest BCUT2D eigenvalue weighted by Gasteiger charge is 2.16. The molecule has 4 rings (SSSR count). The number of nitrogens with two attached hydrogens (primary N) is 1. The molecule has 0 aliphatic carbocycles. The molecular formula is C31H38ClFN6O. The van der Waals surface area contributed by atoms with Gasteiger partial charge < -0.3 is 21.4 Å². The lowest BCUT2D eigenvalue weighted by molar-refractivity contribution is 0.545. The van der Waals surface area contributed by atoms with Crippen LogP contribution in [0, 0.1) is 5.82 Å². The molecule has 9 heteroatoms. The minimum atomic E-state index is -0.509. The Kier molecular flexibility index (Phi) is 10.3. The van der Waals surface area contributed by atoms with Crippen molar-refractivity contribution in [2.45, 2.75) is 51.6 Å². The number of benzene rings is 2. The van der Waals surface area contributed by atoms with Gasteiger partial charge >= 0.3 is 5.69 Å². The number of nitrogens with zero attached hydrogens (tertiary/aromatic N) is 2.